The lowest BCUT2D eigenvalue weighted by molar-refractivity contribution is -0.161. The summed E-state index contributed by atoms with van der Waals surface area (Å²) in [6.07, 6.45) is 48.7. The van der Waals surface area contributed by atoms with Crippen LogP contribution in [0.5, 0.6) is 0 Å². The summed E-state index contributed by atoms with van der Waals surface area (Å²) in [5, 5.41) is 10.6. The molecule has 0 aliphatic rings. The van der Waals surface area contributed by atoms with E-state index in [4.69, 9.17) is 37.0 Å². The third kappa shape index (κ3) is 64.8. The Labute approximate surface area is 549 Å². The molecule has 0 aliphatic heterocycles. The molecule has 2 unspecified atom stereocenters. The van der Waals surface area contributed by atoms with Gasteiger partial charge in [-0.1, -0.05) is 311 Å². The Bertz CT molecular complexity index is 1750. The van der Waals surface area contributed by atoms with E-state index in [0.29, 0.717) is 31.6 Å². The van der Waals surface area contributed by atoms with Gasteiger partial charge in [0.1, 0.15) is 19.3 Å². The minimum atomic E-state index is -4.95. The van der Waals surface area contributed by atoms with Crippen molar-refractivity contribution in [2.24, 2.45) is 11.8 Å². The standard InChI is InChI=1S/C71H138O17P2/c1-7-9-11-13-15-17-18-19-20-21-22-23-26-31-37-43-49-55-70(75)87-66(59-82-69(74)54-48-42-36-30-27-24-25-29-33-39-45-51-63(3)4)61-85-89(77,78)83-57-65(72)58-84-90(79,80)86-62-67(60-81-68(73)53-47-41-35-28-16-14-12-10-8-2)88-71(76)56-50-44-38-32-34-40-46-52-64(5)6/h63-67,72H,7-62H2,1-6H3,(H,77,78)(H,79,80)/t65-,66-,67-/m1/s1. The van der Waals surface area contributed by atoms with Crippen LogP contribution >= 0.6 is 15.6 Å². The van der Waals surface area contributed by atoms with E-state index >= 15 is 0 Å². The lowest BCUT2D eigenvalue weighted by Gasteiger charge is -2.21. The molecule has 19 heteroatoms. The number of ether oxygens (including phenoxy) is 4. The summed E-state index contributed by atoms with van der Waals surface area (Å²) in [5.74, 6) is -0.658. The largest absolute Gasteiger partial charge is 0.472 e. The van der Waals surface area contributed by atoms with Gasteiger partial charge in [0.05, 0.1) is 26.4 Å². The smallest absolute Gasteiger partial charge is 0.462 e. The maximum Gasteiger partial charge on any atom is 0.472 e. The van der Waals surface area contributed by atoms with Crippen molar-refractivity contribution in [2.45, 2.75) is 381 Å². The topological polar surface area (TPSA) is 237 Å². The van der Waals surface area contributed by atoms with E-state index in [1.54, 1.807) is 0 Å². The Balaban J connectivity index is 5.22. The predicted molar refractivity (Wildman–Crippen MR) is 363 cm³/mol. The highest BCUT2D eigenvalue weighted by Gasteiger charge is 2.30. The monoisotopic (exact) mass is 1320 g/mol. The molecule has 0 aliphatic carbocycles. The van der Waals surface area contributed by atoms with Crippen LogP contribution in [0, 0.1) is 11.8 Å². The summed E-state index contributed by atoms with van der Waals surface area (Å²) in [7, 11) is -9.90. The summed E-state index contributed by atoms with van der Waals surface area (Å²) in [6, 6.07) is 0. The number of esters is 4. The zero-order valence-electron chi connectivity index (χ0n) is 58.4. The van der Waals surface area contributed by atoms with E-state index < -0.39 is 97.5 Å². The Morgan fingerprint density at radius 2 is 0.511 bits per heavy atom. The Kier molecular flexibility index (Phi) is 61.8. The van der Waals surface area contributed by atoms with Crippen molar-refractivity contribution in [3.8, 4) is 0 Å². The van der Waals surface area contributed by atoms with Crippen LogP contribution in [0.3, 0.4) is 0 Å². The maximum absolute atomic E-state index is 13.0. The molecule has 0 heterocycles. The van der Waals surface area contributed by atoms with Gasteiger partial charge in [0.2, 0.25) is 0 Å². The van der Waals surface area contributed by atoms with Crippen LogP contribution in [-0.2, 0) is 65.4 Å². The lowest BCUT2D eigenvalue weighted by atomic mass is 10.0. The van der Waals surface area contributed by atoms with Crippen LogP contribution < -0.4 is 0 Å². The minimum absolute atomic E-state index is 0.103. The van der Waals surface area contributed by atoms with Crippen molar-refractivity contribution < 1.29 is 80.2 Å². The highest BCUT2D eigenvalue weighted by Crippen LogP contribution is 2.45. The summed E-state index contributed by atoms with van der Waals surface area (Å²) in [5.41, 5.74) is 0. The number of hydrogen-bond acceptors (Lipinski definition) is 15. The van der Waals surface area contributed by atoms with Crippen LogP contribution in [0.1, 0.15) is 363 Å². The first-order valence-electron chi connectivity index (χ1n) is 37.0. The zero-order valence-corrected chi connectivity index (χ0v) is 60.2. The van der Waals surface area contributed by atoms with Crippen LogP contribution in [-0.4, -0.2) is 96.7 Å². The number of rotatable bonds is 70. The average molecular weight is 1330 g/mol. The fraction of sp³-hybridized carbons (Fsp3) is 0.944. The average Bonchev–Trinajstić information content (AvgIpc) is 3.72. The number of phosphoric ester groups is 2. The van der Waals surface area contributed by atoms with Gasteiger partial charge in [0, 0.05) is 25.7 Å². The first kappa shape index (κ1) is 88.1. The second-order valence-electron chi connectivity index (χ2n) is 26.6. The minimum Gasteiger partial charge on any atom is -0.462 e. The molecule has 0 aromatic rings. The predicted octanol–water partition coefficient (Wildman–Crippen LogP) is 20.4. The second-order valence-corrected chi connectivity index (χ2v) is 29.5. The van der Waals surface area contributed by atoms with Gasteiger partial charge in [-0.3, -0.25) is 37.3 Å². The summed E-state index contributed by atoms with van der Waals surface area (Å²) in [6.45, 7) is 9.48. The van der Waals surface area contributed by atoms with Gasteiger partial charge < -0.3 is 33.8 Å². The van der Waals surface area contributed by atoms with E-state index in [1.807, 2.05) is 0 Å². The number of carbonyl (C=O) groups excluding carboxylic acids is 4. The first-order valence-corrected chi connectivity index (χ1v) is 40.0. The molecular weight excluding hydrogens is 1190 g/mol. The Morgan fingerprint density at radius 1 is 0.300 bits per heavy atom. The molecule has 3 N–H and O–H groups in total. The van der Waals surface area contributed by atoms with Crippen LogP contribution in [0.2, 0.25) is 0 Å². The molecule has 5 atom stereocenters. The van der Waals surface area contributed by atoms with Gasteiger partial charge in [-0.15, -0.1) is 0 Å². The molecule has 17 nitrogen and oxygen atoms in total. The van der Waals surface area contributed by atoms with E-state index in [1.165, 1.54) is 180 Å². The number of unbranched alkanes of at least 4 members (excludes halogenated alkanes) is 40. The van der Waals surface area contributed by atoms with E-state index in [-0.39, 0.29) is 25.7 Å². The molecule has 0 spiro atoms. The Hall–Kier alpha value is -1.94. The van der Waals surface area contributed by atoms with E-state index in [9.17, 15) is 43.2 Å². The highest BCUT2D eigenvalue weighted by molar-refractivity contribution is 7.47. The number of aliphatic hydroxyl groups is 1. The van der Waals surface area contributed by atoms with Gasteiger partial charge in [-0.25, -0.2) is 9.13 Å². The molecule has 0 aromatic carbocycles. The lowest BCUT2D eigenvalue weighted by Crippen LogP contribution is -2.30. The maximum atomic E-state index is 13.0. The summed E-state index contributed by atoms with van der Waals surface area (Å²) < 4.78 is 68.3. The van der Waals surface area contributed by atoms with Crippen molar-refractivity contribution in [1.29, 1.82) is 0 Å². The third-order valence-electron chi connectivity index (χ3n) is 16.5. The fourth-order valence-corrected chi connectivity index (χ4v) is 12.3. The van der Waals surface area contributed by atoms with Crippen LogP contribution in [0.4, 0.5) is 0 Å². The van der Waals surface area contributed by atoms with Crippen LogP contribution in [0.15, 0.2) is 0 Å². The number of phosphoric acid groups is 2. The highest BCUT2D eigenvalue weighted by atomic mass is 31.2. The normalized spacial score (nSPS) is 14.1. The first-order chi connectivity index (χ1) is 43.4. The van der Waals surface area contributed by atoms with Crippen molar-refractivity contribution in [3.05, 3.63) is 0 Å². The van der Waals surface area contributed by atoms with Gasteiger partial charge >= 0.3 is 39.5 Å². The van der Waals surface area contributed by atoms with Crippen LogP contribution in [0.25, 0.3) is 0 Å². The summed E-state index contributed by atoms with van der Waals surface area (Å²) >= 11 is 0. The van der Waals surface area contributed by atoms with E-state index in [0.717, 1.165) is 95.8 Å². The quantitative estimate of drug-likeness (QED) is 0.0222. The molecule has 0 saturated heterocycles. The van der Waals surface area contributed by atoms with Crippen molar-refractivity contribution in [2.75, 3.05) is 39.6 Å². The SMILES string of the molecule is CCCCCCCCCCCCCCCCCCCC(=O)O[C@H](COC(=O)CCCCCCCCCCCCCC(C)C)COP(=O)(O)OC[C@@H](O)COP(=O)(O)OC[C@@H](COC(=O)CCCCCCCCCCC)OC(=O)CCCCCCCCCC(C)C. The third-order valence-corrected chi connectivity index (χ3v) is 18.4. The van der Waals surface area contributed by atoms with E-state index in [2.05, 4.69) is 41.5 Å². The number of carbonyl (C=O) groups is 4. The van der Waals surface area contributed by atoms with Crippen molar-refractivity contribution in [3.63, 3.8) is 0 Å². The molecule has 0 rings (SSSR count). The molecule has 0 fully saturated rings. The molecule has 0 saturated carbocycles. The van der Waals surface area contributed by atoms with Gasteiger partial charge in [0.25, 0.3) is 0 Å². The molecule has 0 aromatic heterocycles. The zero-order chi connectivity index (χ0) is 66.5. The van der Waals surface area contributed by atoms with Crippen molar-refractivity contribution in [1.82, 2.24) is 0 Å². The van der Waals surface area contributed by atoms with Gasteiger partial charge in [0.15, 0.2) is 12.2 Å². The molecule has 0 amide bonds. The molecule has 534 valence electrons. The number of hydrogen-bond donors (Lipinski definition) is 3. The molecule has 0 bridgehead atoms. The van der Waals surface area contributed by atoms with Gasteiger partial charge in [-0.05, 0) is 37.5 Å². The fourth-order valence-electron chi connectivity index (χ4n) is 10.8. The summed E-state index contributed by atoms with van der Waals surface area (Å²) in [4.78, 5) is 72.5. The number of aliphatic hydroxyl groups excluding tert-OH is 1. The Morgan fingerprint density at radius 3 is 0.756 bits per heavy atom. The van der Waals surface area contributed by atoms with Gasteiger partial charge in [-0.2, -0.15) is 0 Å². The van der Waals surface area contributed by atoms with Crippen molar-refractivity contribution >= 4 is 39.5 Å². The molecule has 90 heavy (non-hydrogen) atoms. The second kappa shape index (κ2) is 63.1. The molecular formula is C71H138O17P2. The molecule has 0 radical (unpaired) electrons.